The lowest BCUT2D eigenvalue weighted by Crippen LogP contribution is -2.32. The number of benzene rings is 1. The summed E-state index contributed by atoms with van der Waals surface area (Å²) >= 11 is 0. The van der Waals surface area contributed by atoms with Crippen molar-refractivity contribution in [1.29, 1.82) is 0 Å². The van der Waals surface area contributed by atoms with Gasteiger partial charge in [-0.05, 0) is 37.0 Å². The highest BCUT2D eigenvalue weighted by atomic mass is 32.2. The fourth-order valence-corrected chi connectivity index (χ4v) is 3.04. The van der Waals surface area contributed by atoms with Crippen LogP contribution in [0.1, 0.15) is 12.8 Å². The molecule has 0 amide bonds. The Morgan fingerprint density at radius 2 is 2.06 bits per heavy atom. The maximum atomic E-state index is 13.0. The first-order valence-corrected chi connectivity index (χ1v) is 7.39. The lowest BCUT2D eigenvalue weighted by molar-refractivity contribution is 0.0678. The predicted octanol–water partition coefficient (Wildman–Crippen LogP) is 1.53. The molecule has 1 N–H and O–H groups in total. The Balaban J connectivity index is 1.98. The summed E-state index contributed by atoms with van der Waals surface area (Å²) in [5.74, 6) is -0.258. The SMILES string of the molecule is O=S(=O)(NCC1CCOCC1)c1cccc(F)c1. The molecule has 1 saturated heterocycles. The fraction of sp³-hybridized carbons (Fsp3) is 0.500. The van der Waals surface area contributed by atoms with Crippen LogP contribution in [0.4, 0.5) is 4.39 Å². The van der Waals surface area contributed by atoms with E-state index in [-0.39, 0.29) is 4.90 Å². The van der Waals surface area contributed by atoms with Gasteiger partial charge in [0.2, 0.25) is 10.0 Å². The van der Waals surface area contributed by atoms with Crippen LogP contribution in [0.5, 0.6) is 0 Å². The quantitative estimate of drug-likeness (QED) is 0.905. The number of hydrogen-bond donors (Lipinski definition) is 1. The lowest BCUT2D eigenvalue weighted by Gasteiger charge is -2.22. The van der Waals surface area contributed by atoms with Crippen LogP contribution in [0.3, 0.4) is 0 Å². The Bertz CT molecular complexity index is 498. The first-order chi connectivity index (χ1) is 8.58. The zero-order chi connectivity index (χ0) is 13.0. The summed E-state index contributed by atoms with van der Waals surface area (Å²) < 4.78 is 44.5. The van der Waals surface area contributed by atoms with Crippen molar-refractivity contribution in [2.75, 3.05) is 19.8 Å². The summed E-state index contributed by atoms with van der Waals surface area (Å²) in [6.07, 6.45) is 1.71. The van der Waals surface area contributed by atoms with Crippen LogP contribution in [0.15, 0.2) is 29.2 Å². The van der Waals surface area contributed by atoms with E-state index in [1.165, 1.54) is 18.2 Å². The number of hydrogen-bond acceptors (Lipinski definition) is 3. The minimum atomic E-state index is -3.61. The van der Waals surface area contributed by atoms with E-state index in [4.69, 9.17) is 4.74 Å². The van der Waals surface area contributed by atoms with E-state index in [1.807, 2.05) is 0 Å². The minimum Gasteiger partial charge on any atom is -0.381 e. The Morgan fingerprint density at radius 3 is 2.72 bits per heavy atom. The van der Waals surface area contributed by atoms with Gasteiger partial charge < -0.3 is 4.74 Å². The van der Waals surface area contributed by atoms with Crippen molar-refractivity contribution in [3.8, 4) is 0 Å². The molecule has 18 heavy (non-hydrogen) atoms. The van der Waals surface area contributed by atoms with E-state index < -0.39 is 15.8 Å². The molecule has 1 aromatic rings. The van der Waals surface area contributed by atoms with Crippen molar-refractivity contribution >= 4 is 10.0 Å². The summed E-state index contributed by atoms with van der Waals surface area (Å²) in [5, 5.41) is 0. The van der Waals surface area contributed by atoms with Crippen molar-refractivity contribution in [2.45, 2.75) is 17.7 Å². The molecular formula is C12H16FNO3S. The van der Waals surface area contributed by atoms with Crippen LogP contribution < -0.4 is 4.72 Å². The lowest BCUT2D eigenvalue weighted by atomic mass is 10.0. The molecule has 100 valence electrons. The molecule has 0 bridgehead atoms. The van der Waals surface area contributed by atoms with Gasteiger partial charge in [-0.25, -0.2) is 17.5 Å². The summed E-state index contributed by atoms with van der Waals surface area (Å²) in [6, 6.07) is 5.01. The number of rotatable bonds is 4. The van der Waals surface area contributed by atoms with E-state index in [0.717, 1.165) is 18.9 Å². The molecule has 1 aromatic carbocycles. The first-order valence-electron chi connectivity index (χ1n) is 5.91. The molecule has 2 rings (SSSR count). The second-order valence-corrected chi connectivity index (χ2v) is 6.13. The van der Waals surface area contributed by atoms with Crippen molar-refractivity contribution < 1.29 is 17.5 Å². The average Bonchev–Trinajstić information content (AvgIpc) is 2.38. The van der Waals surface area contributed by atoms with E-state index in [9.17, 15) is 12.8 Å². The van der Waals surface area contributed by atoms with Gasteiger partial charge in [-0.1, -0.05) is 6.07 Å². The van der Waals surface area contributed by atoms with Gasteiger partial charge in [-0.3, -0.25) is 0 Å². The van der Waals surface area contributed by atoms with Gasteiger partial charge in [0.25, 0.3) is 0 Å². The highest BCUT2D eigenvalue weighted by molar-refractivity contribution is 7.89. The van der Waals surface area contributed by atoms with Gasteiger partial charge in [0.15, 0.2) is 0 Å². The van der Waals surface area contributed by atoms with Crippen molar-refractivity contribution in [1.82, 2.24) is 4.72 Å². The van der Waals surface area contributed by atoms with Crippen LogP contribution in [0.2, 0.25) is 0 Å². The number of nitrogens with one attached hydrogen (secondary N) is 1. The second kappa shape index (κ2) is 5.77. The smallest absolute Gasteiger partial charge is 0.240 e. The van der Waals surface area contributed by atoms with E-state index in [2.05, 4.69) is 4.72 Å². The van der Waals surface area contributed by atoms with E-state index >= 15 is 0 Å². The molecule has 0 spiro atoms. The minimum absolute atomic E-state index is 0.0328. The predicted molar refractivity (Wildman–Crippen MR) is 65.1 cm³/mol. The van der Waals surface area contributed by atoms with Crippen LogP contribution in [-0.2, 0) is 14.8 Å². The van der Waals surface area contributed by atoms with Crippen molar-refractivity contribution in [3.05, 3.63) is 30.1 Å². The third kappa shape index (κ3) is 3.51. The zero-order valence-electron chi connectivity index (χ0n) is 9.93. The topological polar surface area (TPSA) is 55.4 Å². The normalized spacial score (nSPS) is 17.8. The average molecular weight is 273 g/mol. The molecule has 0 atom stereocenters. The van der Waals surface area contributed by atoms with Gasteiger partial charge >= 0.3 is 0 Å². The Morgan fingerprint density at radius 1 is 1.33 bits per heavy atom. The third-order valence-corrected chi connectivity index (χ3v) is 4.43. The third-order valence-electron chi connectivity index (χ3n) is 3.01. The van der Waals surface area contributed by atoms with Gasteiger partial charge in [0, 0.05) is 19.8 Å². The molecule has 0 saturated carbocycles. The van der Waals surface area contributed by atoms with Crippen LogP contribution >= 0.6 is 0 Å². The number of sulfonamides is 1. The summed E-state index contributed by atoms with van der Waals surface area (Å²) in [4.78, 5) is -0.0328. The summed E-state index contributed by atoms with van der Waals surface area (Å²) in [6.45, 7) is 1.72. The van der Waals surface area contributed by atoms with Gasteiger partial charge in [-0.15, -0.1) is 0 Å². The van der Waals surface area contributed by atoms with Crippen molar-refractivity contribution in [3.63, 3.8) is 0 Å². The Kier molecular flexibility index (Phi) is 4.31. The summed E-state index contributed by atoms with van der Waals surface area (Å²) in [7, 11) is -3.61. The van der Waals surface area contributed by atoms with Gasteiger partial charge in [0.05, 0.1) is 4.90 Å². The van der Waals surface area contributed by atoms with E-state index in [1.54, 1.807) is 0 Å². The Labute approximate surface area is 106 Å². The highest BCUT2D eigenvalue weighted by Crippen LogP contribution is 2.15. The highest BCUT2D eigenvalue weighted by Gasteiger charge is 2.19. The molecule has 6 heteroatoms. The van der Waals surface area contributed by atoms with Crippen molar-refractivity contribution in [2.24, 2.45) is 5.92 Å². The number of ether oxygens (including phenoxy) is 1. The molecule has 0 aromatic heterocycles. The number of halogens is 1. The zero-order valence-corrected chi connectivity index (χ0v) is 10.7. The molecular weight excluding hydrogens is 257 g/mol. The van der Waals surface area contributed by atoms with Gasteiger partial charge in [0.1, 0.15) is 5.82 Å². The second-order valence-electron chi connectivity index (χ2n) is 4.37. The monoisotopic (exact) mass is 273 g/mol. The van der Waals surface area contributed by atoms with Gasteiger partial charge in [-0.2, -0.15) is 0 Å². The largest absolute Gasteiger partial charge is 0.381 e. The van der Waals surface area contributed by atoms with Crippen LogP contribution in [0, 0.1) is 11.7 Å². The van der Waals surface area contributed by atoms with Crippen LogP contribution in [0.25, 0.3) is 0 Å². The molecule has 0 radical (unpaired) electrons. The molecule has 1 heterocycles. The molecule has 1 aliphatic heterocycles. The van der Waals surface area contributed by atoms with Crippen LogP contribution in [-0.4, -0.2) is 28.2 Å². The first kappa shape index (κ1) is 13.5. The molecule has 1 fully saturated rings. The molecule has 0 aliphatic carbocycles. The molecule has 4 nitrogen and oxygen atoms in total. The maximum absolute atomic E-state index is 13.0. The molecule has 1 aliphatic rings. The summed E-state index contributed by atoms with van der Waals surface area (Å²) in [5.41, 5.74) is 0. The van der Waals surface area contributed by atoms with E-state index in [0.29, 0.717) is 25.7 Å². The fourth-order valence-electron chi connectivity index (χ4n) is 1.90. The standard InChI is InChI=1S/C12H16FNO3S/c13-11-2-1-3-12(8-11)18(15,16)14-9-10-4-6-17-7-5-10/h1-3,8,10,14H,4-7,9H2. The maximum Gasteiger partial charge on any atom is 0.240 e. The molecule has 0 unspecified atom stereocenters. The Hall–Kier alpha value is -0.980.